The Morgan fingerprint density at radius 2 is 1.94 bits per heavy atom. The fraction of sp³-hybridized carbons (Fsp3) is 1.00. The van der Waals surface area contributed by atoms with Gasteiger partial charge in [0.2, 0.25) is 0 Å². The van der Waals surface area contributed by atoms with Crippen LogP contribution in [0.15, 0.2) is 0 Å². The van der Waals surface area contributed by atoms with Gasteiger partial charge < -0.3 is 5.32 Å². The minimum absolute atomic E-state index is 0.541. The molecule has 0 aromatic rings. The second-order valence-corrected chi connectivity index (χ2v) is 6.82. The fourth-order valence-corrected chi connectivity index (χ4v) is 4.95. The van der Waals surface area contributed by atoms with Crippen molar-refractivity contribution in [2.75, 3.05) is 19.6 Å². The maximum atomic E-state index is 3.69. The Morgan fingerprint density at radius 1 is 1.11 bits per heavy atom. The molecule has 1 heterocycles. The molecule has 0 bridgehead atoms. The number of nitrogens with one attached hydrogen (secondary N) is 1. The summed E-state index contributed by atoms with van der Waals surface area (Å²) >= 11 is 0. The van der Waals surface area contributed by atoms with Crippen LogP contribution in [-0.2, 0) is 0 Å². The molecule has 1 saturated heterocycles. The Morgan fingerprint density at radius 3 is 2.72 bits per heavy atom. The molecule has 1 aliphatic heterocycles. The number of hydrogen-bond donors (Lipinski definition) is 1. The molecule has 0 radical (unpaired) electrons. The van der Waals surface area contributed by atoms with Crippen LogP contribution in [0.2, 0.25) is 0 Å². The van der Waals surface area contributed by atoms with E-state index in [2.05, 4.69) is 17.1 Å². The summed E-state index contributed by atoms with van der Waals surface area (Å²) in [5.74, 6) is 0.988. The third-order valence-corrected chi connectivity index (χ3v) is 5.92. The minimum atomic E-state index is 0.541. The van der Waals surface area contributed by atoms with Crippen LogP contribution >= 0.6 is 0 Å². The van der Waals surface area contributed by atoms with Crippen LogP contribution in [0, 0.1) is 5.92 Å². The van der Waals surface area contributed by atoms with E-state index < -0.39 is 0 Å². The van der Waals surface area contributed by atoms with E-state index in [1.165, 1.54) is 77.4 Å². The lowest BCUT2D eigenvalue weighted by Crippen LogP contribution is -2.65. The SMILES string of the molecule is CCC1CCCC1N1CCNCC12CCCCC2. The summed E-state index contributed by atoms with van der Waals surface area (Å²) < 4.78 is 0. The van der Waals surface area contributed by atoms with Crippen molar-refractivity contribution in [3.8, 4) is 0 Å². The molecule has 2 aliphatic carbocycles. The first-order chi connectivity index (χ1) is 8.86. The standard InChI is InChI=1S/C16H30N2/c1-2-14-7-6-8-15(14)18-12-11-17-13-16(18)9-4-3-5-10-16/h14-15,17H,2-13H2,1H3. The zero-order valence-electron chi connectivity index (χ0n) is 12.1. The molecular formula is C16H30N2. The second-order valence-electron chi connectivity index (χ2n) is 6.82. The predicted molar refractivity (Wildman–Crippen MR) is 76.8 cm³/mol. The highest BCUT2D eigenvalue weighted by Crippen LogP contribution is 2.41. The molecule has 1 N–H and O–H groups in total. The molecule has 1 spiro atoms. The molecule has 0 aromatic carbocycles. The average molecular weight is 250 g/mol. The van der Waals surface area contributed by atoms with Crippen LogP contribution in [0.5, 0.6) is 0 Å². The molecule has 3 rings (SSSR count). The third-order valence-electron chi connectivity index (χ3n) is 5.92. The lowest BCUT2D eigenvalue weighted by molar-refractivity contribution is -0.0197. The number of hydrogen-bond acceptors (Lipinski definition) is 2. The third kappa shape index (κ3) is 2.22. The number of rotatable bonds is 2. The largest absolute Gasteiger partial charge is 0.314 e. The van der Waals surface area contributed by atoms with Gasteiger partial charge in [-0.3, -0.25) is 4.90 Å². The molecule has 18 heavy (non-hydrogen) atoms. The first-order valence-electron chi connectivity index (χ1n) is 8.33. The molecule has 2 nitrogen and oxygen atoms in total. The van der Waals surface area contributed by atoms with Gasteiger partial charge >= 0.3 is 0 Å². The van der Waals surface area contributed by atoms with Crippen molar-refractivity contribution in [2.24, 2.45) is 5.92 Å². The maximum absolute atomic E-state index is 3.69. The molecule has 2 atom stereocenters. The Labute approximate surface area is 113 Å². The monoisotopic (exact) mass is 250 g/mol. The van der Waals surface area contributed by atoms with Crippen LogP contribution in [0.4, 0.5) is 0 Å². The van der Waals surface area contributed by atoms with Crippen molar-refractivity contribution in [1.29, 1.82) is 0 Å². The minimum Gasteiger partial charge on any atom is -0.314 e. The zero-order chi connectivity index (χ0) is 12.4. The molecule has 0 aromatic heterocycles. The van der Waals surface area contributed by atoms with Gasteiger partial charge in [-0.05, 0) is 31.6 Å². The van der Waals surface area contributed by atoms with E-state index in [1.54, 1.807) is 0 Å². The summed E-state index contributed by atoms with van der Waals surface area (Å²) in [6.07, 6.45) is 13.1. The van der Waals surface area contributed by atoms with Gasteiger partial charge in [0.15, 0.2) is 0 Å². The summed E-state index contributed by atoms with van der Waals surface area (Å²) in [5.41, 5.74) is 0.541. The Kier molecular flexibility index (Phi) is 3.95. The summed E-state index contributed by atoms with van der Waals surface area (Å²) in [4.78, 5) is 2.98. The van der Waals surface area contributed by atoms with Gasteiger partial charge in [0.05, 0.1) is 0 Å². The summed E-state index contributed by atoms with van der Waals surface area (Å²) in [5, 5.41) is 3.69. The van der Waals surface area contributed by atoms with Gasteiger partial charge in [-0.1, -0.05) is 39.0 Å². The molecule has 2 unspecified atom stereocenters. The van der Waals surface area contributed by atoms with Gasteiger partial charge in [-0.2, -0.15) is 0 Å². The van der Waals surface area contributed by atoms with E-state index in [9.17, 15) is 0 Å². The van der Waals surface area contributed by atoms with Crippen molar-refractivity contribution in [1.82, 2.24) is 10.2 Å². The topological polar surface area (TPSA) is 15.3 Å². The van der Waals surface area contributed by atoms with E-state index in [-0.39, 0.29) is 0 Å². The van der Waals surface area contributed by atoms with Crippen LogP contribution in [0.1, 0.15) is 64.7 Å². The highest BCUT2D eigenvalue weighted by molar-refractivity contribution is 5.02. The summed E-state index contributed by atoms with van der Waals surface area (Å²) in [6.45, 7) is 6.19. The average Bonchev–Trinajstić information content (AvgIpc) is 2.88. The highest BCUT2D eigenvalue weighted by Gasteiger charge is 2.45. The summed E-state index contributed by atoms with van der Waals surface area (Å²) in [7, 11) is 0. The van der Waals surface area contributed by atoms with Gasteiger partial charge in [-0.25, -0.2) is 0 Å². The van der Waals surface area contributed by atoms with E-state index in [4.69, 9.17) is 0 Å². The van der Waals surface area contributed by atoms with Crippen LogP contribution in [0.3, 0.4) is 0 Å². The quantitative estimate of drug-likeness (QED) is 0.810. The van der Waals surface area contributed by atoms with Crippen LogP contribution < -0.4 is 5.32 Å². The molecule has 0 amide bonds. The molecule has 3 fully saturated rings. The Balaban J connectivity index is 1.78. The normalized spacial score (nSPS) is 37.2. The van der Waals surface area contributed by atoms with Gasteiger partial charge in [0, 0.05) is 31.2 Å². The zero-order valence-corrected chi connectivity index (χ0v) is 12.1. The predicted octanol–water partition coefficient (Wildman–Crippen LogP) is 3.17. The Hall–Kier alpha value is -0.0800. The lowest BCUT2D eigenvalue weighted by Gasteiger charge is -2.53. The van der Waals surface area contributed by atoms with Crippen molar-refractivity contribution in [2.45, 2.75) is 76.3 Å². The van der Waals surface area contributed by atoms with Gasteiger partial charge in [0.25, 0.3) is 0 Å². The Bertz CT molecular complexity index is 262. The number of piperazine rings is 1. The van der Waals surface area contributed by atoms with Gasteiger partial charge in [0.1, 0.15) is 0 Å². The van der Waals surface area contributed by atoms with Gasteiger partial charge in [-0.15, -0.1) is 0 Å². The van der Waals surface area contributed by atoms with Crippen molar-refractivity contribution in [3.05, 3.63) is 0 Å². The summed E-state index contributed by atoms with van der Waals surface area (Å²) in [6, 6.07) is 0.912. The smallest absolute Gasteiger partial charge is 0.0337 e. The van der Waals surface area contributed by atoms with Crippen LogP contribution in [0.25, 0.3) is 0 Å². The second kappa shape index (κ2) is 5.50. The highest BCUT2D eigenvalue weighted by atomic mass is 15.3. The van der Waals surface area contributed by atoms with E-state index >= 15 is 0 Å². The van der Waals surface area contributed by atoms with Crippen molar-refractivity contribution >= 4 is 0 Å². The molecular weight excluding hydrogens is 220 g/mol. The molecule has 3 aliphatic rings. The fourth-order valence-electron chi connectivity index (χ4n) is 4.95. The van der Waals surface area contributed by atoms with Crippen molar-refractivity contribution in [3.63, 3.8) is 0 Å². The van der Waals surface area contributed by atoms with E-state index in [0.717, 1.165) is 12.0 Å². The molecule has 104 valence electrons. The van der Waals surface area contributed by atoms with E-state index in [1.807, 2.05) is 0 Å². The van der Waals surface area contributed by atoms with E-state index in [0.29, 0.717) is 5.54 Å². The molecule has 2 heteroatoms. The maximum Gasteiger partial charge on any atom is 0.0337 e. The van der Waals surface area contributed by atoms with Crippen molar-refractivity contribution < 1.29 is 0 Å². The van der Waals surface area contributed by atoms with Crippen LogP contribution in [-0.4, -0.2) is 36.1 Å². The first-order valence-corrected chi connectivity index (χ1v) is 8.33. The first kappa shape index (κ1) is 12.9. The molecule has 2 saturated carbocycles. The lowest BCUT2D eigenvalue weighted by atomic mass is 9.77. The number of nitrogens with zero attached hydrogens (tertiary/aromatic N) is 1.